The Labute approximate surface area is 232 Å². The Kier molecular flexibility index (Phi) is 10.4. The number of carbonyl (C=O) groups is 2. The van der Waals surface area contributed by atoms with Gasteiger partial charge in [0.2, 0.25) is 5.91 Å². The summed E-state index contributed by atoms with van der Waals surface area (Å²) >= 11 is 6.09. The maximum atomic E-state index is 13.7. The van der Waals surface area contributed by atoms with Crippen molar-refractivity contribution in [2.75, 3.05) is 13.2 Å². The van der Waals surface area contributed by atoms with E-state index >= 15 is 0 Å². The van der Waals surface area contributed by atoms with Crippen LogP contribution in [0.25, 0.3) is 0 Å². The molecule has 3 aromatic rings. The lowest BCUT2D eigenvalue weighted by atomic mass is 9.87. The molecule has 0 saturated heterocycles. The molecule has 3 rings (SSSR count). The monoisotopic (exact) mass is 534 g/mol. The molecule has 0 heterocycles. The molecule has 0 aliphatic carbocycles. The van der Waals surface area contributed by atoms with Crippen molar-refractivity contribution in [3.63, 3.8) is 0 Å². The number of halogens is 1. The second-order valence-corrected chi connectivity index (χ2v) is 11.5. The molecule has 1 atom stereocenters. The van der Waals surface area contributed by atoms with Crippen molar-refractivity contribution in [1.82, 2.24) is 10.2 Å². The molecule has 1 N–H and O–H groups in total. The van der Waals surface area contributed by atoms with Crippen LogP contribution in [0, 0.1) is 5.92 Å². The molecule has 0 radical (unpaired) electrons. The second kappa shape index (κ2) is 13.5. The number of benzene rings is 3. The van der Waals surface area contributed by atoms with Crippen LogP contribution < -0.4 is 10.1 Å². The van der Waals surface area contributed by atoms with Crippen LogP contribution in [0.1, 0.15) is 51.3 Å². The number of nitrogens with one attached hydrogen (secondary N) is 1. The molecule has 5 nitrogen and oxygen atoms in total. The predicted molar refractivity (Wildman–Crippen MR) is 154 cm³/mol. The van der Waals surface area contributed by atoms with Gasteiger partial charge in [0, 0.05) is 24.5 Å². The zero-order valence-corrected chi connectivity index (χ0v) is 23.8. The van der Waals surface area contributed by atoms with Crippen LogP contribution >= 0.6 is 11.6 Å². The molecule has 0 aliphatic rings. The summed E-state index contributed by atoms with van der Waals surface area (Å²) in [4.78, 5) is 28.8. The smallest absolute Gasteiger partial charge is 0.261 e. The third-order valence-electron chi connectivity index (χ3n) is 6.30. The van der Waals surface area contributed by atoms with Gasteiger partial charge in [-0.05, 0) is 52.3 Å². The minimum Gasteiger partial charge on any atom is -0.484 e. The van der Waals surface area contributed by atoms with Gasteiger partial charge in [0.05, 0.1) is 0 Å². The summed E-state index contributed by atoms with van der Waals surface area (Å²) in [5.74, 6) is 0.456. The van der Waals surface area contributed by atoms with Gasteiger partial charge in [0.15, 0.2) is 6.61 Å². The Morgan fingerprint density at radius 3 is 2.11 bits per heavy atom. The molecule has 0 aromatic heterocycles. The van der Waals surface area contributed by atoms with E-state index in [2.05, 4.69) is 26.1 Å². The van der Waals surface area contributed by atoms with E-state index in [0.29, 0.717) is 23.7 Å². The van der Waals surface area contributed by atoms with Gasteiger partial charge in [-0.25, -0.2) is 0 Å². The summed E-state index contributed by atoms with van der Waals surface area (Å²) in [5, 5.41) is 3.65. The maximum absolute atomic E-state index is 13.7. The predicted octanol–water partition coefficient (Wildman–Crippen LogP) is 6.43. The Balaban J connectivity index is 1.87. The SMILES string of the molecule is CC(C)CNC(=O)[C@H](Cc1ccccc1)N(Cc1ccc(Cl)cc1)C(=O)COc1ccc(C(C)(C)C)cc1. The normalized spacial score (nSPS) is 12.2. The van der Waals surface area contributed by atoms with Crippen LogP contribution in [0.5, 0.6) is 5.75 Å². The first-order chi connectivity index (χ1) is 18.0. The van der Waals surface area contributed by atoms with Gasteiger partial charge in [-0.2, -0.15) is 0 Å². The van der Waals surface area contributed by atoms with E-state index in [1.54, 1.807) is 17.0 Å². The van der Waals surface area contributed by atoms with Crippen molar-refractivity contribution in [2.45, 2.75) is 59.0 Å². The number of amides is 2. The summed E-state index contributed by atoms with van der Waals surface area (Å²) in [6.45, 7) is 11.2. The van der Waals surface area contributed by atoms with Crippen LogP contribution in [-0.2, 0) is 28.0 Å². The van der Waals surface area contributed by atoms with Gasteiger partial charge < -0.3 is 15.0 Å². The molecule has 0 bridgehead atoms. The third kappa shape index (κ3) is 8.91. The molecule has 0 fully saturated rings. The zero-order valence-electron chi connectivity index (χ0n) is 23.0. The number of ether oxygens (including phenoxy) is 1. The summed E-state index contributed by atoms with van der Waals surface area (Å²) in [6, 6.07) is 24.2. The van der Waals surface area contributed by atoms with E-state index in [-0.39, 0.29) is 36.3 Å². The first-order valence-electron chi connectivity index (χ1n) is 13.1. The van der Waals surface area contributed by atoms with Crippen LogP contribution in [-0.4, -0.2) is 35.9 Å². The first-order valence-corrected chi connectivity index (χ1v) is 13.5. The van der Waals surface area contributed by atoms with Crippen LogP contribution in [0.3, 0.4) is 0 Å². The lowest BCUT2D eigenvalue weighted by Crippen LogP contribution is -2.52. The van der Waals surface area contributed by atoms with Crippen molar-refractivity contribution in [2.24, 2.45) is 5.92 Å². The molecular weight excluding hydrogens is 496 g/mol. The molecule has 38 heavy (non-hydrogen) atoms. The largest absolute Gasteiger partial charge is 0.484 e. The molecule has 3 aromatic carbocycles. The standard InChI is InChI=1S/C32H39ClN2O3/c1-23(2)20-34-31(37)29(19-24-9-7-6-8-10-24)35(21-25-11-15-27(33)16-12-25)30(36)22-38-28-17-13-26(14-18-28)32(3,4)5/h6-18,23,29H,19-22H2,1-5H3,(H,34,37)/t29-/m0/s1. The number of hydrogen-bond acceptors (Lipinski definition) is 3. The van der Waals surface area contributed by atoms with Crippen LogP contribution in [0.4, 0.5) is 0 Å². The quantitative estimate of drug-likeness (QED) is 0.308. The number of rotatable bonds is 11. The maximum Gasteiger partial charge on any atom is 0.261 e. The summed E-state index contributed by atoms with van der Waals surface area (Å²) < 4.78 is 5.91. The Hall–Kier alpha value is -3.31. The summed E-state index contributed by atoms with van der Waals surface area (Å²) in [6.07, 6.45) is 0.393. The van der Waals surface area contributed by atoms with Gasteiger partial charge >= 0.3 is 0 Å². The van der Waals surface area contributed by atoms with Gasteiger partial charge in [0.1, 0.15) is 11.8 Å². The molecule has 0 aliphatic heterocycles. The van der Waals surface area contributed by atoms with Crippen molar-refractivity contribution in [1.29, 1.82) is 0 Å². The van der Waals surface area contributed by atoms with Crippen molar-refractivity contribution < 1.29 is 14.3 Å². The number of hydrogen-bond donors (Lipinski definition) is 1. The second-order valence-electron chi connectivity index (χ2n) is 11.1. The van der Waals surface area contributed by atoms with E-state index in [0.717, 1.165) is 11.1 Å². The molecule has 0 spiro atoms. The fourth-order valence-electron chi connectivity index (χ4n) is 4.04. The highest BCUT2D eigenvalue weighted by molar-refractivity contribution is 6.30. The van der Waals surface area contributed by atoms with Crippen LogP contribution in [0.15, 0.2) is 78.9 Å². The highest BCUT2D eigenvalue weighted by Crippen LogP contribution is 2.24. The van der Waals surface area contributed by atoms with Crippen LogP contribution in [0.2, 0.25) is 5.02 Å². The molecule has 202 valence electrons. The minimum absolute atomic E-state index is 0.0255. The fraction of sp³-hybridized carbons (Fsp3) is 0.375. The highest BCUT2D eigenvalue weighted by Gasteiger charge is 2.30. The van der Waals surface area contributed by atoms with E-state index in [9.17, 15) is 9.59 Å². The molecule has 6 heteroatoms. The molecule has 0 unspecified atom stereocenters. The first kappa shape index (κ1) is 29.2. The Morgan fingerprint density at radius 1 is 0.895 bits per heavy atom. The lowest BCUT2D eigenvalue weighted by Gasteiger charge is -2.31. The van der Waals surface area contributed by atoms with Crippen molar-refractivity contribution >= 4 is 23.4 Å². The minimum atomic E-state index is -0.703. The fourth-order valence-corrected chi connectivity index (χ4v) is 4.17. The Bertz CT molecular complexity index is 1170. The highest BCUT2D eigenvalue weighted by atomic mass is 35.5. The average Bonchev–Trinajstić information content (AvgIpc) is 2.89. The summed E-state index contributed by atoms with van der Waals surface area (Å²) in [5.41, 5.74) is 3.07. The van der Waals surface area contributed by atoms with Gasteiger partial charge in [-0.1, -0.05) is 101 Å². The van der Waals surface area contributed by atoms with E-state index in [1.165, 1.54) is 5.56 Å². The van der Waals surface area contributed by atoms with Gasteiger partial charge in [-0.3, -0.25) is 9.59 Å². The van der Waals surface area contributed by atoms with Crippen molar-refractivity contribution in [3.8, 4) is 5.75 Å². The van der Waals surface area contributed by atoms with E-state index in [1.807, 2.05) is 80.6 Å². The number of nitrogens with zero attached hydrogens (tertiary/aromatic N) is 1. The van der Waals surface area contributed by atoms with E-state index < -0.39 is 6.04 Å². The van der Waals surface area contributed by atoms with Gasteiger partial charge in [0.25, 0.3) is 5.91 Å². The molecular formula is C32H39ClN2O3. The zero-order chi connectivity index (χ0) is 27.7. The lowest BCUT2D eigenvalue weighted by molar-refractivity contribution is -0.142. The average molecular weight is 535 g/mol. The summed E-state index contributed by atoms with van der Waals surface area (Å²) in [7, 11) is 0. The van der Waals surface area contributed by atoms with E-state index in [4.69, 9.17) is 16.3 Å². The Morgan fingerprint density at radius 2 is 1.53 bits per heavy atom. The molecule has 2 amide bonds. The molecule has 0 saturated carbocycles. The third-order valence-corrected chi connectivity index (χ3v) is 6.56. The number of carbonyl (C=O) groups excluding carboxylic acids is 2. The topological polar surface area (TPSA) is 58.6 Å². The van der Waals surface area contributed by atoms with Gasteiger partial charge in [-0.15, -0.1) is 0 Å². The van der Waals surface area contributed by atoms with Crippen molar-refractivity contribution in [3.05, 3.63) is 101 Å².